The fourth-order valence-corrected chi connectivity index (χ4v) is 5.47. The topological polar surface area (TPSA) is 68.3 Å². The number of ether oxygens (including phenoxy) is 3. The van der Waals surface area contributed by atoms with Gasteiger partial charge in [-0.15, -0.1) is 0 Å². The number of carbonyl (C=O) groups excluding carboxylic acids is 2. The minimum absolute atomic E-state index is 0.134. The Hall–Kier alpha value is -1.96. The zero-order valence-corrected chi connectivity index (χ0v) is 19.5. The van der Waals surface area contributed by atoms with Crippen LogP contribution < -0.4 is 4.74 Å². The number of piperidine rings is 1. The van der Waals surface area contributed by atoms with E-state index >= 15 is 0 Å². The van der Waals surface area contributed by atoms with Gasteiger partial charge < -0.3 is 19.1 Å². The highest BCUT2D eigenvalue weighted by Crippen LogP contribution is 2.45. The molecule has 0 unspecified atom stereocenters. The maximum Gasteiger partial charge on any atom is 0.421 e. The molecule has 1 spiro atoms. The van der Waals surface area contributed by atoms with Crippen molar-refractivity contribution in [1.82, 2.24) is 9.80 Å². The third-order valence-corrected chi connectivity index (χ3v) is 7.13. The Morgan fingerprint density at radius 3 is 2.62 bits per heavy atom. The van der Waals surface area contributed by atoms with E-state index in [1.54, 1.807) is 12.1 Å². The van der Waals surface area contributed by atoms with Crippen molar-refractivity contribution < 1.29 is 23.8 Å². The van der Waals surface area contributed by atoms with E-state index in [-0.39, 0.29) is 11.8 Å². The van der Waals surface area contributed by atoms with E-state index in [0.29, 0.717) is 49.9 Å². The molecule has 2 saturated heterocycles. The summed E-state index contributed by atoms with van der Waals surface area (Å²) in [6.45, 7) is 6.49. The molecule has 3 aliphatic rings. The molecule has 0 aromatic heterocycles. The molecular formula is C25H36N2O5. The summed E-state index contributed by atoms with van der Waals surface area (Å²) in [5, 5.41) is 0. The number of imide groups is 1. The lowest BCUT2D eigenvalue weighted by atomic mass is 9.72. The zero-order valence-electron chi connectivity index (χ0n) is 19.5. The first-order valence-corrected chi connectivity index (χ1v) is 11.9. The van der Waals surface area contributed by atoms with E-state index in [1.165, 1.54) is 4.90 Å². The average Bonchev–Trinajstić information content (AvgIpc) is 3.21. The molecule has 3 atom stereocenters. The Bertz CT molecular complexity index is 793. The molecule has 1 aliphatic carbocycles. The molecule has 4 rings (SSSR count). The molecule has 1 aromatic carbocycles. The molecule has 3 fully saturated rings. The molecular weight excluding hydrogens is 408 g/mol. The first-order valence-electron chi connectivity index (χ1n) is 11.9. The van der Waals surface area contributed by atoms with Gasteiger partial charge in [-0.05, 0) is 50.3 Å². The van der Waals surface area contributed by atoms with Gasteiger partial charge in [-0.2, -0.15) is 0 Å². The van der Waals surface area contributed by atoms with Crippen LogP contribution in [0.3, 0.4) is 0 Å². The summed E-state index contributed by atoms with van der Waals surface area (Å²) in [7, 11) is 2.09. The van der Waals surface area contributed by atoms with E-state index in [9.17, 15) is 9.59 Å². The van der Waals surface area contributed by atoms with E-state index in [2.05, 4.69) is 25.8 Å². The highest BCUT2D eigenvalue weighted by molar-refractivity contribution is 5.94. The lowest BCUT2D eigenvalue weighted by molar-refractivity contribution is -0.202. The lowest BCUT2D eigenvalue weighted by Gasteiger charge is -2.49. The van der Waals surface area contributed by atoms with Crippen LogP contribution in [0, 0.1) is 17.8 Å². The van der Waals surface area contributed by atoms with E-state index < -0.39 is 11.9 Å². The SMILES string of the molecule is CC(C)CCN(C(=O)Oc1ccccc1)C(=O)[C@@H]1C[C@@H]2CC3(CC[C@H]2N(C)C1)OCCO3. The Morgan fingerprint density at radius 1 is 1.22 bits per heavy atom. The van der Waals surface area contributed by atoms with Crippen molar-refractivity contribution in [2.75, 3.05) is 33.4 Å². The van der Waals surface area contributed by atoms with Crippen LogP contribution in [0.5, 0.6) is 5.75 Å². The standard InChI is InChI=1S/C25H36N2O5/c1-18(2)10-12-27(24(29)32-21-7-5-4-6-8-21)23(28)20-15-19-16-25(30-13-14-31-25)11-9-22(19)26(3)17-20/h4-8,18-20,22H,9-17H2,1-3H3/t19-,20-,22-/m1/s1. The van der Waals surface area contributed by atoms with Crippen molar-refractivity contribution in [3.05, 3.63) is 30.3 Å². The predicted molar refractivity (Wildman–Crippen MR) is 120 cm³/mol. The van der Waals surface area contributed by atoms with Gasteiger partial charge in [0.15, 0.2) is 5.79 Å². The van der Waals surface area contributed by atoms with Crippen molar-refractivity contribution in [2.45, 2.75) is 57.8 Å². The van der Waals surface area contributed by atoms with Crippen LogP contribution in [0.2, 0.25) is 0 Å². The van der Waals surface area contributed by atoms with Gasteiger partial charge in [-0.3, -0.25) is 4.79 Å². The van der Waals surface area contributed by atoms with Crippen molar-refractivity contribution in [3.63, 3.8) is 0 Å². The second-order valence-corrected chi connectivity index (χ2v) is 9.90. The Labute approximate surface area is 191 Å². The van der Waals surface area contributed by atoms with Crippen LogP contribution >= 0.6 is 0 Å². The van der Waals surface area contributed by atoms with Crippen molar-refractivity contribution in [1.29, 1.82) is 0 Å². The monoisotopic (exact) mass is 444 g/mol. The van der Waals surface area contributed by atoms with Gasteiger partial charge in [0.25, 0.3) is 0 Å². The maximum absolute atomic E-state index is 13.6. The third kappa shape index (κ3) is 5.16. The second-order valence-electron chi connectivity index (χ2n) is 9.90. The Morgan fingerprint density at radius 2 is 1.94 bits per heavy atom. The van der Waals surface area contributed by atoms with Crippen LogP contribution in [0.1, 0.15) is 46.0 Å². The normalized spacial score (nSPS) is 27.3. The van der Waals surface area contributed by atoms with E-state index in [4.69, 9.17) is 14.2 Å². The highest BCUT2D eigenvalue weighted by Gasteiger charge is 2.49. The van der Waals surface area contributed by atoms with Gasteiger partial charge in [0, 0.05) is 32.0 Å². The van der Waals surface area contributed by atoms with Crippen LogP contribution in [0.15, 0.2) is 30.3 Å². The summed E-state index contributed by atoms with van der Waals surface area (Å²) in [6, 6.07) is 9.37. The van der Waals surface area contributed by atoms with Gasteiger partial charge in [0.2, 0.25) is 5.91 Å². The number of fused-ring (bicyclic) bond motifs is 1. The summed E-state index contributed by atoms with van der Waals surface area (Å²) in [6.07, 6.45) is 3.63. The molecule has 7 heteroatoms. The molecule has 1 aromatic rings. The number of nitrogens with zero attached hydrogens (tertiary/aromatic N) is 2. The average molecular weight is 445 g/mol. The molecule has 32 heavy (non-hydrogen) atoms. The Kier molecular flexibility index (Phi) is 7.17. The van der Waals surface area contributed by atoms with Crippen molar-refractivity contribution in [2.24, 2.45) is 17.8 Å². The summed E-state index contributed by atoms with van der Waals surface area (Å²) < 4.78 is 17.5. The number of likely N-dealkylation sites (tertiary alicyclic amines) is 1. The molecule has 2 amide bonds. The number of hydrogen-bond donors (Lipinski definition) is 0. The van der Waals surface area contributed by atoms with Gasteiger partial charge >= 0.3 is 6.09 Å². The fraction of sp³-hybridized carbons (Fsp3) is 0.680. The first-order chi connectivity index (χ1) is 15.4. The summed E-state index contributed by atoms with van der Waals surface area (Å²) >= 11 is 0. The third-order valence-electron chi connectivity index (χ3n) is 7.13. The minimum atomic E-state index is -0.589. The fourth-order valence-electron chi connectivity index (χ4n) is 5.47. The molecule has 0 N–H and O–H groups in total. The van der Waals surface area contributed by atoms with Crippen LogP contribution in [-0.2, 0) is 14.3 Å². The van der Waals surface area contributed by atoms with E-state index in [0.717, 1.165) is 32.1 Å². The first kappa shape index (κ1) is 23.2. The molecule has 2 aliphatic heterocycles. The predicted octanol–water partition coefficient (Wildman–Crippen LogP) is 3.92. The van der Waals surface area contributed by atoms with Crippen LogP contribution in [0.25, 0.3) is 0 Å². The van der Waals surface area contributed by atoms with Crippen LogP contribution in [0.4, 0.5) is 4.79 Å². The highest BCUT2D eigenvalue weighted by atomic mass is 16.7. The molecule has 176 valence electrons. The maximum atomic E-state index is 13.6. The molecule has 7 nitrogen and oxygen atoms in total. The zero-order chi connectivity index (χ0) is 22.7. The number of amides is 2. The van der Waals surface area contributed by atoms with Crippen molar-refractivity contribution in [3.8, 4) is 5.75 Å². The summed E-state index contributed by atoms with van der Waals surface area (Å²) in [5.74, 6) is 0.287. The number of hydrogen-bond acceptors (Lipinski definition) is 6. The molecule has 0 bridgehead atoms. The second kappa shape index (κ2) is 9.89. The quantitative estimate of drug-likeness (QED) is 0.686. The molecule has 1 saturated carbocycles. The number of para-hydroxylation sites is 1. The summed E-state index contributed by atoms with van der Waals surface area (Å²) in [4.78, 5) is 30.2. The summed E-state index contributed by atoms with van der Waals surface area (Å²) in [5.41, 5.74) is 0. The number of rotatable bonds is 5. The van der Waals surface area contributed by atoms with Gasteiger partial charge in [0.1, 0.15) is 5.75 Å². The minimum Gasteiger partial charge on any atom is -0.410 e. The molecule has 0 radical (unpaired) electrons. The van der Waals surface area contributed by atoms with Gasteiger partial charge in [-0.1, -0.05) is 32.0 Å². The van der Waals surface area contributed by atoms with Crippen molar-refractivity contribution >= 4 is 12.0 Å². The number of benzene rings is 1. The van der Waals surface area contributed by atoms with E-state index in [1.807, 2.05) is 18.2 Å². The molecule has 2 heterocycles. The van der Waals surface area contributed by atoms with Gasteiger partial charge in [0.05, 0.1) is 19.1 Å². The van der Waals surface area contributed by atoms with Gasteiger partial charge in [-0.25, -0.2) is 9.69 Å². The lowest BCUT2D eigenvalue weighted by Crippen LogP contribution is -2.56. The smallest absolute Gasteiger partial charge is 0.410 e. The Balaban J connectivity index is 1.47. The number of carbonyl (C=O) groups is 2. The van der Waals surface area contributed by atoms with Crippen LogP contribution in [-0.4, -0.2) is 67.0 Å². The largest absolute Gasteiger partial charge is 0.421 e.